The molecule has 3 rings (SSSR count). The molecule has 0 spiro atoms. The number of hydrogen-bond donors (Lipinski definition) is 1. The first-order valence-electron chi connectivity index (χ1n) is 9.10. The lowest BCUT2D eigenvalue weighted by molar-refractivity contribution is -0.389. The Kier molecular flexibility index (Phi) is 5.92. The SMILES string of the molecule is COc1ccc([C@@H](C)NC(=O)c2ccccc2Cn2nc([N+](=O)[O-])cc2C)cc1. The number of aromatic nitrogens is 2. The summed E-state index contributed by atoms with van der Waals surface area (Å²) in [4.78, 5) is 23.3. The molecule has 0 saturated heterocycles. The van der Waals surface area contributed by atoms with E-state index >= 15 is 0 Å². The molecule has 8 heteroatoms. The third-order valence-corrected chi connectivity index (χ3v) is 4.70. The second-order valence-electron chi connectivity index (χ2n) is 6.68. The Morgan fingerprint density at radius 1 is 1.24 bits per heavy atom. The van der Waals surface area contributed by atoms with Crippen LogP contribution in [0.3, 0.4) is 0 Å². The second-order valence-corrected chi connectivity index (χ2v) is 6.68. The van der Waals surface area contributed by atoms with Crippen molar-refractivity contribution in [2.75, 3.05) is 7.11 Å². The molecular weight excluding hydrogens is 372 g/mol. The van der Waals surface area contributed by atoms with Crippen molar-refractivity contribution in [2.24, 2.45) is 0 Å². The molecule has 1 amide bonds. The Hall–Kier alpha value is -3.68. The van der Waals surface area contributed by atoms with Crippen molar-refractivity contribution in [1.29, 1.82) is 0 Å². The molecule has 0 bridgehead atoms. The molecule has 0 aliphatic heterocycles. The number of ether oxygens (including phenoxy) is 1. The Morgan fingerprint density at radius 3 is 2.55 bits per heavy atom. The van der Waals surface area contributed by atoms with Gasteiger partial charge in [0.05, 0.1) is 36.6 Å². The normalized spacial score (nSPS) is 11.7. The molecule has 0 radical (unpaired) electrons. The van der Waals surface area contributed by atoms with Gasteiger partial charge in [0.25, 0.3) is 5.91 Å². The lowest BCUT2D eigenvalue weighted by Gasteiger charge is -2.16. The number of nitrogens with one attached hydrogen (secondary N) is 1. The van der Waals surface area contributed by atoms with Crippen LogP contribution >= 0.6 is 0 Å². The van der Waals surface area contributed by atoms with Crippen LogP contribution in [0.2, 0.25) is 0 Å². The van der Waals surface area contributed by atoms with Crippen LogP contribution < -0.4 is 10.1 Å². The van der Waals surface area contributed by atoms with Gasteiger partial charge in [-0.1, -0.05) is 30.3 Å². The zero-order valence-corrected chi connectivity index (χ0v) is 16.5. The highest BCUT2D eigenvalue weighted by atomic mass is 16.6. The van der Waals surface area contributed by atoms with Crippen LogP contribution in [0.4, 0.5) is 5.82 Å². The van der Waals surface area contributed by atoms with Gasteiger partial charge in [0.1, 0.15) is 5.75 Å². The summed E-state index contributed by atoms with van der Waals surface area (Å²) in [6, 6.07) is 15.9. The van der Waals surface area contributed by atoms with Crippen LogP contribution in [-0.2, 0) is 6.54 Å². The van der Waals surface area contributed by atoms with E-state index in [1.54, 1.807) is 26.2 Å². The van der Waals surface area contributed by atoms with Crippen molar-refractivity contribution in [3.63, 3.8) is 0 Å². The van der Waals surface area contributed by atoms with E-state index in [-0.39, 0.29) is 24.3 Å². The molecule has 150 valence electrons. The molecule has 2 aromatic carbocycles. The molecule has 1 N–H and O–H groups in total. The van der Waals surface area contributed by atoms with Gasteiger partial charge in [0, 0.05) is 5.56 Å². The molecule has 0 fully saturated rings. The fourth-order valence-electron chi connectivity index (χ4n) is 3.03. The number of nitrogens with zero attached hydrogens (tertiary/aromatic N) is 3. The van der Waals surface area contributed by atoms with E-state index in [2.05, 4.69) is 10.4 Å². The fraction of sp³-hybridized carbons (Fsp3) is 0.238. The lowest BCUT2D eigenvalue weighted by Crippen LogP contribution is -2.28. The summed E-state index contributed by atoms with van der Waals surface area (Å²) in [5.74, 6) is 0.321. The van der Waals surface area contributed by atoms with E-state index in [0.29, 0.717) is 11.3 Å². The summed E-state index contributed by atoms with van der Waals surface area (Å²) in [5.41, 5.74) is 2.84. The summed E-state index contributed by atoms with van der Waals surface area (Å²) in [5, 5.41) is 17.9. The molecule has 0 unspecified atom stereocenters. The standard InChI is InChI=1S/C21H22N4O4/c1-14-12-20(25(27)28)23-24(14)13-17-6-4-5-7-19(17)21(26)22-15(2)16-8-10-18(29-3)11-9-16/h4-12,15H,13H2,1-3H3,(H,22,26)/t15-/m1/s1. The molecule has 1 heterocycles. The van der Waals surface area contributed by atoms with Crippen molar-refractivity contribution < 1.29 is 14.5 Å². The van der Waals surface area contributed by atoms with E-state index in [1.807, 2.05) is 43.3 Å². The maximum absolute atomic E-state index is 12.9. The summed E-state index contributed by atoms with van der Waals surface area (Å²) < 4.78 is 6.69. The number of carbonyl (C=O) groups is 1. The first-order valence-corrected chi connectivity index (χ1v) is 9.10. The lowest BCUT2D eigenvalue weighted by atomic mass is 10.0. The van der Waals surface area contributed by atoms with Gasteiger partial charge in [-0.05, 0) is 48.1 Å². The minimum absolute atomic E-state index is 0.200. The number of hydrogen-bond acceptors (Lipinski definition) is 5. The van der Waals surface area contributed by atoms with Crippen molar-refractivity contribution >= 4 is 11.7 Å². The van der Waals surface area contributed by atoms with Gasteiger partial charge >= 0.3 is 5.82 Å². The van der Waals surface area contributed by atoms with Crippen LogP contribution in [0.5, 0.6) is 5.75 Å². The zero-order valence-electron chi connectivity index (χ0n) is 16.5. The van der Waals surface area contributed by atoms with Crippen LogP contribution in [0.15, 0.2) is 54.6 Å². The molecular formula is C21H22N4O4. The van der Waals surface area contributed by atoms with Crippen molar-refractivity contribution in [3.05, 3.63) is 87.1 Å². The molecule has 0 saturated carbocycles. The average Bonchev–Trinajstić information content (AvgIpc) is 3.09. The van der Waals surface area contributed by atoms with Crippen molar-refractivity contribution in [3.8, 4) is 5.75 Å². The van der Waals surface area contributed by atoms with Gasteiger partial charge in [-0.3, -0.25) is 4.79 Å². The van der Waals surface area contributed by atoms with Crippen LogP contribution in [0.25, 0.3) is 0 Å². The molecule has 29 heavy (non-hydrogen) atoms. The largest absolute Gasteiger partial charge is 0.497 e. The Labute approximate surface area is 168 Å². The van der Waals surface area contributed by atoms with Gasteiger partial charge in [-0.2, -0.15) is 4.68 Å². The van der Waals surface area contributed by atoms with E-state index in [1.165, 1.54) is 10.7 Å². The van der Waals surface area contributed by atoms with E-state index < -0.39 is 4.92 Å². The van der Waals surface area contributed by atoms with Crippen LogP contribution in [0.1, 0.15) is 40.1 Å². The Morgan fingerprint density at radius 2 is 1.93 bits per heavy atom. The third-order valence-electron chi connectivity index (χ3n) is 4.70. The molecule has 3 aromatic rings. The highest BCUT2D eigenvalue weighted by Crippen LogP contribution is 2.19. The maximum Gasteiger partial charge on any atom is 0.390 e. The number of rotatable bonds is 7. The van der Waals surface area contributed by atoms with Gasteiger partial charge in [-0.15, -0.1) is 0 Å². The van der Waals surface area contributed by atoms with Gasteiger partial charge in [0.15, 0.2) is 0 Å². The Balaban J connectivity index is 1.78. The molecule has 0 aliphatic rings. The van der Waals surface area contributed by atoms with Crippen molar-refractivity contribution in [1.82, 2.24) is 15.1 Å². The average molecular weight is 394 g/mol. The van der Waals surface area contributed by atoms with Gasteiger partial charge in [-0.25, -0.2) is 0 Å². The van der Waals surface area contributed by atoms with Crippen LogP contribution in [-0.4, -0.2) is 27.7 Å². The van der Waals surface area contributed by atoms with Gasteiger partial charge in [0.2, 0.25) is 0 Å². The molecule has 8 nitrogen and oxygen atoms in total. The number of methoxy groups -OCH3 is 1. The highest BCUT2D eigenvalue weighted by molar-refractivity contribution is 5.95. The maximum atomic E-state index is 12.9. The van der Waals surface area contributed by atoms with Gasteiger partial charge < -0.3 is 20.2 Å². The second kappa shape index (κ2) is 8.55. The number of benzene rings is 2. The predicted molar refractivity (Wildman–Crippen MR) is 108 cm³/mol. The van der Waals surface area contributed by atoms with Crippen molar-refractivity contribution in [2.45, 2.75) is 26.4 Å². The summed E-state index contributed by atoms with van der Waals surface area (Å²) >= 11 is 0. The third kappa shape index (κ3) is 4.60. The molecule has 1 atom stereocenters. The molecule has 0 aliphatic carbocycles. The summed E-state index contributed by atoms with van der Waals surface area (Å²) in [6.45, 7) is 3.91. The fourth-order valence-corrected chi connectivity index (χ4v) is 3.03. The smallest absolute Gasteiger partial charge is 0.390 e. The highest BCUT2D eigenvalue weighted by Gasteiger charge is 2.19. The first kappa shape index (κ1) is 20.1. The van der Waals surface area contributed by atoms with E-state index in [4.69, 9.17) is 4.74 Å². The minimum atomic E-state index is -0.529. The monoisotopic (exact) mass is 394 g/mol. The summed E-state index contributed by atoms with van der Waals surface area (Å²) in [6.07, 6.45) is 0. The topological polar surface area (TPSA) is 99.3 Å². The Bertz CT molecular complexity index is 1030. The quantitative estimate of drug-likeness (QED) is 0.487. The number of aryl methyl sites for hydroxylation is 1. The number of nitro groups is 1. The van der Waals surface area contributed by atoms with Crippen LogP contribution in [0, 0.1) is 17.0 Å². The predicted octanol–water partition coefficient (Wildman–Crippen LogP) is 3.65. The zero-order chi connectivity index (χ0) is 21.0. The van der Waals surface area contributed by atoms with E-state index in [0.717, 1.165) is 16.9 Å². The number of amides is 1. The van der Waals surface area contributed by atoms with E-state index in [9.17, 15) is 14.9 Å². The number of carbonyl (C=O) groups excluding carboxylic acids is 1. The first-order chi connectivity index (χ1) is 13.9. The minimum Gasteiger partial charge on any atom is -0.497 e. The molecule has 1 aromatic heterocycles. The summed E-state index contributed by atoms with van der Waals surface area (Å²) in [7, 11) is 1.60.